The van der Waals surface area contributed by atoms with Crippen LogP contribution in [0.15, 0.2) is 30.4 Å². The number of benzene rings is 1. The summed E-state index contributed by atoms with van der Waals surface area (Å²) in [7, 11) is 0. The Bertz CT molecular complexity index is 525. The van der Waals surface area contributed by atoms with Crippen LogP contribution in [0.1, 0.15) is 26.3 Å². The number of hydrogen-bond donors (Lipinski definition) is 3. The van der Waals surface area contributed by atoms with Crippen molar-refractivity contribution < 1.29 is 19.0 Å². The molecule has 0 saturated carbocycles. The van der Waals surface area contributed by atoms with Gasteiger partial charge in [-0.25, -0.2) is 9.18 Å². The van der Waals surface area contributed by atoms with E-state index >= 15 is 0 Å². The van der Waals surface area contributed by atoms with E-state index < -0.39 is 11.7 Å². The van der Waals surface area contributed by atoms with Crippen molar-refractivity contribution in [1.82, 2.24) is 10.6 Å². The highest BCUT2D eigenvalue weighted by molar-refractivity contribution is 5.67. The van der Waals surface area contributed by atoms with Gasteiger partial charge in [0.05, 0.1) is 0 Å². The number of halogens is 1. The zero-order valence-corrected chi connectivity index (χ0v) is 13.1. The van der Waals surface area contributed by atoms with Gasteiger partial charge in [-0.2, -0.15) is 0 Å². The van der Waals surface area contributed by atoms with Crippen LogP contribution in [-0.4, -0.2) is 29.9 Å². The van der Waals surface area contributed by atoms with E-state index in [1.165, 1.54) is 18.2 Å². The molecule has 0 saturated heterocycles. The van der Waals surface area contributed by atoms with Crippen LogP contribution in [0, 0.1) is 5.82 Å². The van der Waals surface area contributed by atoms with E-state index in [9.17, 15) is 14.3 Å². The number of carbonyl (C=O) groups excluding carboxylic acids is 1. The fourth-order valence-corrected chi connectivity index (χ4v) is 1.61. The van der Waals surface area contributed by atoms with Crippen LogP contribution in [0.5, 0.6) is 5.75 Å². The molecule has 0 fully saturated rings. The quantitative estimate of drug-likeness (QED) is 0.558. The molecule has 1 aromatic rings. The highest BCUT2D eigenvalue weighted by atomic mass is 19.1. The van der Waals surface area contributed by atoms with Crippen LogP contribution in [0.4, 0.5) is 9.18 Å². The van der Waals surface area contributed by atoms with Gasteiger partial charge < -0.3 is 20.5 Å². The number of alkyl carbamates (subject to hydrolysis) is 1. The van der Waals surface area contributed by atoms with Crippen molar-refractivity contribution in [3.05, 3.63) is 41.7 Å². The molecule has 0 spiro atoms. The molecule has 122 valence electrons. The average molecular weight is 310 g/mol. The van der Waals surface area contributed by atoms with Crippen LogP contribution in [0.2, 0.25) is 0 Å². The van der Waals surface area contributed by atoms with E-state index in [-0.39, 0.29) is 11.6 Å². The van der Waals surface area contributed by atoms with Crippen molar-refractivity contribution in [2.45, 2.75) is 32.9 Å². The summed E-state index contributed by atoms with van der Waals surface area (Å²) in [5, 5.41) is 15.2. The van der Waals surface area contributed by atoms with Crippen molar-refractivity contribution in [1.29, 1.82) is 0 Å². The first-order chi connectivity index (χ1) is 10.3. The summed E-state index contributed by atoms with van der Waals surface area (Å²) >= 11 is 0. The second kappa shape index (κ2) is 8.38. The zero-order chi connectivity index (χ0) is 16.6. The fraction of sp³-hybridized carbons (Fsp3) is 0.438. The Kier molecular flexibility index (Phi) is 6.85. The van der Waals surface area contributed by atoms with E-state index in [0.29, 0.717) is 25.2 Å². The third-order valence-electron chi connectivity index (χ3n) is 2.55. The van der Waals surface area contributed by atoms with Gasteiger partial charge in [-0.3, -0.25) is 0 Å². The summed E-state index contributed by atoms with van der Waals surface area (Å²) in [4.78, 5) is 11.4. The minimum absolute atomic E-state index is 0.0597. The molecule has 1 rings (SSSR count). The fourth-order valence-electron chi connectivity index (χ4n) is 1.61. The van der Waals surface area contributed by atoms with E-state index in [1.807, 2.05) is 6.08 Å². The molecule has 0 aliphatic carbocycles. The van der Waals surface area contributed by atoms with Gasteiger partial charge >= 0.3 is 6.09 Å². The molecule has 0 radical (unpaired) electrons. The van der Waals surface area contributed by atoms with Gasteiger partial charge in [-0.05, 0) is 39.0 Å². The van der Waals surface area contributed by atoms with Crippen molar-refractivity contribution in [2.24, 2.45) is 0 Å². The smallest absolute Gasteiger partial charge is 0.407 e. The van der Waals surface area contributed by atoms with Crippen LogP contribution in [-0.2, 0) is 11.3 Å². The first kappa shape index (κ1) is 18.0. The number of phenolic OH excluding ortho intramolecular Hbond substituents is 1. The molecule has 0 bridgehead atoms. The summed E-state index contributed by atoms with van der Waals surface area (Å²) in [6.45, 7) is 6.65. The molecule has 22 heavy (non-hydrogen) atoms. The van der Waals surface area contributed by atoms with Gasteiger partial charge in [0.15, 0.2) is 0 Å². The Morgan fingerprint density at radius 2 is 2.00 bits per heavy atom. The topological polar surface area (TPSA) is 70.6 Å². The SMILES string of the molecule is CC(C)(C)OC(=O)NC/C=C/CNCc1cc(F)ccc1O. The van der Waals surface area contributed by atoms with Crippen molar-refractivity contribution >= 4 is 6.09 Å². The predicted molar refractivity (Wildman–Crippen MR) is 83.1 cm³/mol. The largest absolute Gasteiger partial charge is 0.508 e. The molecule has 1 amide bonds. The molecule has 5 nitrogen and oxygen atoms in total. The zero-order valence-electron chi connectivity index (χ0n) is 13.1. The number of aromatic hydroxyl groups is 1. The number of rotatable bonds is 6. The molecule has 1 aromatic carbocycles. The van der Waals surface area contributed by atoms with Crippen LogP contribution in [0.3, 0.4) is 0 Å². The Hall–Kier alpha value is -2.08. The van der Waals surface area contributed by atoms with Crippen molar-refractivity contribution in [2.75, 3.05) is 13.1 Å². The summed E-state index contributed by atoms with van der Waals surface area (Å²) < 4.78 is 18.1. The lowest BCUT2D eigenvalue weighted by molar-refractivity contribution is 0.0534. The summed E-state index contributed by atoms with van der Waals surface area (Å²) in [5.41, 5.74) is -0.0113. The predicted octanol–water partition coefficient (Wildman–Crippen LogP) is 2.70. The van der Waals surface area contributed by atoms with Crippen LogP contribution >= 0.6 is 0 Å². The maximum atomic E-state index is 13.0. The molecular formula is C16H23FN2O3. The molecule has 0 aromatic heterocycles. The molecule has 0 aliphatic rings. The summed E-state index contributed by atoms with van der Waals surface area (Å²) in [6, 6.07) is 3.82. The van der Waals surface area contributed by atoms with Gasteiger partial charge in [0.2, 0.25) is 0 Å². The Labute approximate surface area is 130 Å². The van der Waals surface area contributed by atoms with Crippen LogP contribution in [0.25, 0.3) is 0 Å². The summed E-state index contributed by atoms with van der Waals surface area (Å²) in [6.07, 6.45) is 3.14. The number of hydrogen-bond acceptors (Lipinski definition) is 4. The lowest BCUT2D eigenvalue weighted by atomic mass is 10.2. The third kappa shape index (κ3) is 7.64. The summed E-state index contributed by atoms with van der Waals surface area (Å²) in [5.74, 6) is -0.323. The third-order valence-corrected chi connectivity index (χ3v) is 2.55. The number of ether oxygens (including phenoxy) is 1. The highest BCUT2D eigenvalue weighted by Crippen LogP contribution is 2.17. The normalized spacial score (nSPS) is 11.6. The minimum atomic E-state index is -0.512. The first-order valence-corrected chi connectivity index (χ1v) is 7.08. The van der Waals surface area contributed by atoms with E-state index in [0.717, 1.165) is 0 Å². The molecule has 3 N–H and O–H groups in total. The maximum absolute atomic E-state index is 13.0. The molecular weight excluding hydrogens is 287 g/mol. The Balaban J connectivity index is 2.19. The monoisotopic (exact) mass is 310 g/mol. The van der Waals surface area contributed by atoms with E-state index in [4.69, 9.17) is 4.74 Å². The first-order valence-electron chi connectivity index (χ1n) is 7.08. The van der Waals surface area contributed by atoms with Gasteiger partial charge in [0, 0.05) is 25.2 Å². The second-order valence-electron chi connectivity index (χ2n) is 5.76. The number of amides is 1. The molecule has 0 atom stereocenters. The number of carbonyl (C=O) groups is 1. The number of phenols is 1. The number of nitrogens with one attached hydrogen (secondary N) is 2. The molecule has 6 heteroatoms. The van der Waals surface area contributed by atoms with Gasteiger partial charge in [0.1, 0.15) is 17.2 Å². The maximum Gasteiger partial charge on any atom is 0.407 e. The second-order valence-corrected chi connectivity index (χ2v) is 5.76. The Morgan fingerprint density at radius 1 is 1.32 bits per heavy atom. The highest BCUT2D eigenvalue weighted by Gasteiger charge is 2.14. The van der Waals surface area contributed by atoms with Crippen molar-refractivity contribution in [3.63, 3.8) is 0 Å². The molecule has 0 heterocycles. The average Bonchev–Trinajstić information content (AvgIpc) is 2.39. The molecule has 0 unspecified atom stereocenters. The lowest BCUT2D eigenvalue weighted by Gasteiger charge is -2.19. The molecule has 0 aliphatic heterocycles. The van der Waals surface area contributed by atoms with E-state index in [2.05, 4.69) is 10.6 Å². The van der Waals surface area contributed by atoms with Crippen molar-refractivity contribution in [3.8, 4) is 5.75 Å². The van der Waals surface area contributed by atoms with Gasteiger partial charge in [-0.15, -0.1) is 0 Å². The minimum Gasteiger partial charge on any atom is -0.508 e. The van der Waals surface area contributed by atoms with Gasteiger partial charge in [0.25, 0.3) is 0 Å². The van der Waals surface area contributed by atoms with Gasteiger partial charge in [-0.1, -0.05) is 12.2 Å². The van der Waals surface area contributed by atoms with E-state index in [1.54, 1.807) is 26.8 Å². The van der Waals surface area contributed by atoms with Crippen LogP contribution < -0.4 is 10.6 Å². The lowest BCUT2D eigenvalue weighted by Crippen LogP contribution is -2.32. The Morgan fingerprint density at radius 3 is 2.68 bits per heavy atom. The standard InChI is InChI=1S/C16H23FN2O3/c1-16(2,3)22-15(21)19-9-5-4-8-18-11-12-10-13(17)6-7-14(12)20/h4-7,10,18,20H,8-9,11H2,1-3H3,(H,19,21)/b5-4+.